The second-order valence-corrected chi connectivity index (χ2v) is 14.0. The van der Waals surface area contributed by atoms with Gasteiger partial charge in [-0.1, -0.05) is 109 Å². The molecule has 0 amide bonds. The first-order valence-electron chi connectivity index (χ1n) is 20.6. The van der Waals surface area contributed by atoms with E-state index in [4.69, 9.17) is 18.9 Å². The Morgan fingerprint density at radius 1 is 0.579 bits per heavy atom. The Morgan fingerprint density at radius 2 is 1.05 bits per heavy atom. The average molecular weight is 782 g/mol. The van der Waals surface area contributed by atoms with Crippen LogP contribution in [0.1, 0.15) is 102 Å². The molecule has 0 bridgehead atoms. The summed E-state index contributed by atoms with van der Waals surface area (Å²) in [4.78, 5) is 25.8. The molecule has 0 heterocycles. The number of esters is 2. The van der Waals surface area contributed by atoms with Gasteiger partial charge in [-0.25, -0.2) is 9.59 Å². The quantitative estimate of drug-likeness (QED) is 0.0297. The minimum absolute atomic E-state index is 0.0105. The Balaban J connectivity index is 1.91. The molecule has 57 heavy (non-hydrogen) atoms. The second-order valence-electron chi connectivity index (χ2n) is 14.0. The summed E-state index contributed by atoms with van der Waals surface area (Å²) in [5.74, 6) is -0.451. The number of anilines is 1. The van der Waals surface area contributed by atoms with E-state index in [1.54, 1.807) is 12.1 Å². The lowest BCUT2D eigenvalue weighted by Gasteiger charge is -2.26. The van der Waals surface area contributed by atoms with E-state index in [0.29, 0.717) is 34.2 Å². The van der Waals surface area contributed by atoms with Gasteiger partial charge >= 0.3 is 11.9 Å². The van der Waals surface area contributed by atoms with E-state index in [0.717, 1.165) is 36.4 Å². The van der Waals surface area contributed by atoms with Crippen molar-refractivity contribution in [2.45, 2.75) is 105 Å². The number of ether oxygens (including phenoxy) is 4. The fourth-order valence-electron chi connectivity index (χ4n) is 5.95. The fraction of sp³-hybridized carbons (Fsp3) is 0.478. The summed E-state index contributed by atoms with van der Waals surface area (Å²) in [6.45, 7) is 17.5. The van der Waals surface area contributed by atoms with Crippen LogP contribution in [0.4, 0.5) is 28.4 Å². The van der Waals surface area contributed by atoms with E-state index in [1.165, 1.54) is 82.7 Å². The standard InChI is InChI=1S/C46H63N5O6/c1-7-11-13-15-17-19-27-51(28-20-18-16-14-12-8-2)39-25-26-40(37(6)33-39)48-50-42-35-43(54-29-31-56-45(52)9-3)41(49-47-38-23-21-36(5)22-24-38)34-44(42)55-30-32-57-46(53)10-4/h9-10,21-26,33-35H,3-4,7-8,11-20,27-32H2,1-2,5-6H3. The number of hydrogen-bond acceptors (Lipinski definition) is 11. The van der Waals surface area contributed by atoms with Gasteiger partial charge in [0, 0.05) is 43.1 Å². The van der Waals surface area contributed by atoms with Crippen molar-refractivity contribution in [2.24, 2.45) is 20.5 Å². The number of azo groups is 2. The van der Waals surface area contributed by atoms with Gasteiger partial charge in [0.05, 0.1) is 11.4 Å². The Labute approximate surface area is 340 Å². The molecule has 0 radical (unpaired) electrons. The highest BCUT2D eigenvalue weighted by Crippen LogP contribution is 2.42. The maximum atomic E-state index is 11.7. The zero-order valence-corrected chi connectivity index (χ0v) is 34.7. The van der Waals surface area contributed by atoms with Crippen LogP contribution < -0.4 is 14.4 Å². The number of nitrogens with zero attached hydrogens (tertiary/aromatic N) is 5. The summed E-state index contributed by atoms with van der Waals surface area (Å²) in [5, 5.41) is 18.1. The number of hydrogen-bond donors (Lipinski definition) is 0. The normalized spacial score (nSPS) is 11.2. The third-order valence-electron chi connectivity index (χ3n) is 9.23. The lowest BCUT2D eigenvalue weighted by Crippen LogP contribution is -2.25. The van der Waals surface area contributed by atoms with Crippen LogP contribution >= 0.6 is 0 Å². The van der Waals surface area contributed by atoms with Crippen molar-refractivity contribution in [3.8, 4) is 11.5 Å². The van der Waals surface area contributed by atoms with Gasteiger partial charge in [-0.2, -0.15) is 10.2 Å². The van der Waals surface area contributed by atoms with Gasteiger partial charge in [-0.3, -0.25) is 0 Å². The van der Waals surface area contributed by atoms with Crippen LogP contribution in [0.15, 0.2) is 100 Å². The van der Waals surface area contributed by atoms with E-state index < -0.39 is 11.9 Å². The minimum Gasteiger partial charge on any atom is -0.488 e. The first-order valence-corrected chi connectivity index (χ1v) is 20.6. The smallest absolute Gasteiger partial charge is 0.330 e. The van der Waals surface area contributed by atoms with Crippen molar-refractivity contribution in [1.29, 1.82) is 0 Å². The van der Waals surface area contributed by atoms with Crippen LogP contribution in [0.3, 0.4) is 0 Å². The van der Waals surface area contributed by atoms with Crippen LogP contribution in [-0.4, -0.2) is 51.5 Å². The number of benzene rings is 3. The Morgan fingerprint density at radius 3 is 1.54 bits per heavy atom. The molecular formula is C46H63N5O6. The Kier molecular flexibility index (Phi) is 22.1. The number of rotatable bonds is 29. The van der Waals surface area contributed by atoms with Gasteiger partial charge < -0.3 is 23.8 Å². The van der Waals surface area contributed by atoms with Crippen LogP contribution in [0, 0.1) is 13.8 Å². The number of unbranched alkanes of at least 4 members (excludes halogenated alkanes) is 10. The molecule has 0 aliphatic carbocycles. The molecule has 0 atom stereocenters. The summed E-state index contributed by atoms with van der Waals surface area (Å²) in [5.41, 5.74) is 5.35. The van der Waals surface area contributed by atoms with Crippen molar-refractivity contribution in [3.63, 3.8) is 0 Å². The highest BCUT2D eigenvalue weighted by atomic mass is 16.6. The van der Waals surface area contributed by atoms with Gasteiger partial charge in [0.25, 0.3) is 0 Å². The summed E-state index contributed by atoms with van der Waals surface area (Å²) in [6, 6.07) is 17.2. The number of aryl methyl sites for hydroxylation is 2. The van der Waals surface area contributed by atoms with Gasteiger partial charge in [-0.05, 0) is 62.6 Å². The summed E-state index contributed by atoms with van der Waals surface area (Å²) < 4.78 is 22.3. The summed E-state index contributed by atoms with van der Waals surface area (Å²) >= 11 is 0. The largest absolute Gasteiger partial charge is 0.488 e. The van der Waals surface area contributed by atoms with Crippen LogP contribution in [0.5, 0.6) is 11.5 Å². The van der Waals surface area contributed by atoms with Crippen LogP contribution in [0.25, 0.3) is 0 Å². The van der Waals surface area contributed by atoms with Gasteiger partial charge in [0.2, 0.25) is 0 Å². The molecule has 11 heteroatoms. The van der Waals surface area contributed by atoms with E-state index in [-0.39, 0.29) is 26.4 Å². The van der Waals surface area contributed by atoms with Crippen molar-refractivity contribution >= 4 is 40.4 Å². The maximum absolute atomic E-state index is 11.7. The first-order chi connectivity index (χ1) is 27.8. The monoisotopic (exact) mass is 781 g/mol. The molecule has 0 aliphatic heterocycles. The van der Waals surface area contributed by atoms with Crippen molar-refractivity contribution in [1.82, 2.24) is 0 Å². The van der Waals surface area contributed by atoms with Crippen molar-refractivity contribution in [2.75, 3.05) is 44.4 Å². The zero-order valence-electron chi connectivity index (χ0n) is 34.7. The lowest BCUT2D eigenvalue weighted by atomic mass is 10.1. The Hall–Kier alpha value is -5.32. The number of carbonyl (C=O) groups excluding carboxylic acids is 2. The van der Waals surface area contributed by atoms with Crippen LogP contribution in [0.2, 0.25) is 0 Å². The summed E-state index contributed by atoms with van der Waals surface area (Å²) in [6.07, 6.45) is 17.3. The molecule has 308 valence electrons. The fourth-order valence-corrected chi connectivity index (χ4v) is 5.95. The van der Waals surface area contributed by atoms with E-state index in [9.17, 15) is 9.59 Å². The molecule has 0 saturated heterocycles. The molecule has 0 spiro atoms. The van der Waals surface area contributed by atoms with Gasteiger partial charge in [-0.15, -0.1) is 10.2 Å². The Bertz CT molecular complexity index is 1720. The third-order valence-corrected chi connectivity index (χ3v) is 9.23. The van der Waals surface area contributed by atoms with E-state index >= 15 is 0 Å². The SMILES string of the molecule is C=CC(=O)OCCOc1cc(N=Nc2ccc(N(CCCCCCCC)CCCCCCCC)cc2C)c(OCCOC(=O)C=C)cc1N=Nc1ccc(C)cc1. The van der Waals surface area contributed by atoms with Gasteiger partial charge in [0.1, 0.15) is 49.3 Å². The molecule has 3 rings (SSSR count). The second kappa shape index (κ2) is 27.3. The van der Waals surface area contributed by atoms with E-state index in [1.807, 2.05) is 44.2 Å². The lowest BCUT2D eigenvalue weighted by molar-refractivity contribution is -0.139. The molecule has 0 saturated carbocycles. The molecule has 3 aromatic rings. The van der Waals surface area contributed by atoms with Crippen LogP contribution in [-0.2, 0) is 19.1 Å². The molecule has 0 unspecified atom stereocenters. The van der Waals surface area contributed by atoms with Crippen molar-refractivity contribution in [3.05, 3.63) is 91.0 Å². The zero-order chi connectivity index (χ0) is 41.1. The molecule has 3 aromatic carbocycles. The molecular weight excluding hydrogens is 719 g/mol. The molecule has 0 fully saturated rings. The molecule has 0 N–H and O–H groups in total. The summed E-state index contributed by atoms with van der Waals surface area (Å²) in [7, 11) is 0. The highest BCUT2D eigenvalue weighted by Gasteiger charge is 2.15. The first kappa shape index (κ1) is 46.1. The molecule has 0 aromatic heterocycles. The topological polar surface area (TPSA) is 124 Å². The van der Waals surface area contributed by atoms with Gasteiger partial charge in [0.15, 0.2) is 0 Å². The van der Waals surface area contributed by atoms with E-state index in [2.05, 4.69) is 64.5 Å². The predicted octanol–water partition coefficient (Wildman–Crippen LogP) is 12.9. The highest BCUT2D eigenvalue weighted by molar-refractivity contribution is 5.81. The molecule has 11 nitrogen and oxygen atoms in total. The minimum atomic E-state index is -0.553. The average Bonchev–Trinajstić information content (AvgIpc) is 3.22. The van der Waals surface area contributed by atoms with Crippen molar-refractivity contribution < 1.29 is 28.5 Å². The predicted molar refractivity (Wildman–Crippen MR) is 229 cm³/mol. The third kappa shape index (κ3) is 18.0. The maximum Gasteiger partial charge on any atom is 0.330 e. The number of carbonyl (C=O) groups is 2. The molecule has 0 aliphatic rings.